The Kier molecular flexibility index (Phi) is 11.1. The van der Waals surface area contributed by atoms with Crippen molar-refractivity contribution in [2.45, 2.75) is 0 Å². The first kappa shape index (κ1) is 47.3. The maximum atomic E-state index is 5.66. The van der Waals surface area contributed by atoms with Crippen LogP contribution in [0.1, 0.15) is 0 Å². The maximum absolute atomic E-state index is 5.66. The third-order valence-electron chi connectivity index (χ3n) is 16.8. The summed E-state index contributed by atoms with van der Waals surface area (Å²) in [7, 11) is -2.81. The van der Waals surface area contributed by atoms with E-state index in [9.17, 15) is 0 Å². The highest BCUT2D eigenvalue weighted by molar-refractivity contribution is 7.19. The molecule has 0 saturated carbocycles. The van der Waals surface area contributed by atoms with Crippen LogP contribution in [0.3, 0.4) is 0 Å². The van der Waals surface area contributed by atoms with Gasteiger partial charge in [-0.15, -0.1) is 0 Å². The zero-order valence-corrected chi connectivity index (χ0v) is 45.7. The molecule has 0 radical (unpaired) electrons. The summed E-state index contributed by atoms with van der Waals surface area (Å²) in [4.78, 5) is 11.2. The first-order chi connectivity index (χ1) is 40.7. The van der Waals surface area contributed by atoms with E-state index in [-0.39, 0.29) is 0 Å². The smallest absolute Gasteiger partial charge is 0.179 e. The van der Waals surface area contributed by atoms with E-state index in [1.54, 1.807) is 0 Å². The van der Waals surface area contributed by atoms with Crippen molar-refractivity contribution in [2.24, 2.45) is 0 Å². The fourth-order valence-corrected chi connectivity index (χ4v) is 17.9. The molecule has 0 spiro atoms. The molecule has 0 aliphatic carbocycles. The molecule has 0 aliphatic heterocycles. The summed E-state index contributed by atoms with van der Waals surface area (Å²) in [5, 5.41) is 12.6. The number of aromatic nitrogens is 5. The van der Waals surface area contributed by atoms with E-state index in [2.05, 4.69) is 323 Å². The van der Waals surface area contributed by atoms with Gasteiger partial charge in [-0.05, 0) is 93.5 Å². The molecule has 0 saturated heterocycles. The number of hydrogen-bond acceptors (Lipinski definition) is 2. The average molecular weight is 1060 g/mol. The van der Waals surface area contributed by atoms with Gasteiger partial charge in [-0.1, -0.05) is 237 Å². The molecule has 0 atom stereocenters. The fourth-order valence-electron chi connectivity index (χ4n) is 13.2. The van der Waals surface area contributed by atoms with Crippen molar-refractivity contribution >= 4 is 94.2 Å². The van der Waals surface area contributed by atoms with Crippen molar-refractivity contribution in [2.75, 3.05) is 0 Å². The summed E-state index contributed by atoms with van der Waals surface area (Å²) in [6.07, 6.45) is 0. The van der Waals surface area contributed by atoms with Crippen LogP contribution in [-0.4, -0.2) is 31.7 Å². The summed E-state index contributed by atoms with van der Waals surface area (Å²) in [5.74, 6) is 0.651. The van der Waals surface area contributed by atoms with Crippen LogP contribution in [0, 0.1) is 0 Å². The van der Waals surface area contributed by atoms with Crippen LogP contribution in [0.25, 0.3) is 116 Å². The predicted molar refractivity (Wildman–Crippen MR) is 345 cm³/mol. The van der Waals surface area contributed by atoms with Crippen LogP contribution < -0.4 is 20.7 Å². The molecular weight excluding hydrogens is 1010 g/mol. The maximum Gasteiger partial charge on any atom is 0.179 e. The zero-order chi connectivity index (χ0) is 54.1. The second kappa shape index (κ2) is 19.3. The SMILES string of the molecule is c1ccc([Si](c2ccccc2)(c2ccccc2)c2ccc(-c3nc(-c4ccc(-n5c6ccccc6c6ccccc65)cc4)cc(-c4cc(-n5c6ccccc6c6ccccc65)cc(-n5c6ccccc6c6ccccc65)c4)n3)cc2)cc1. The summed E-state index contributed by atoms with van der Waals surface area (Å²) in [6, 6.07) is 113. The van der Waals surface area contributed by atoms with Crippen LogP contribution in [0.15, 0.2) is 309 Å². The second-order valence-corrected chi connectivity index (χ2v) is 25.1. The van der Waals surface area contributed by atoms with Gasteiger partial charge in [0.1, 0.15) is 0 Å². The van der Waals surface area contributed by atoms with Crippen molar-refractivity contribution in [3.8, 4) is 51.0 Å². The van der Waals surface area contributed by atoms with Gasteiger partial charge in [0.15, 0.2) is 13.9 Å². The highest BCUT2D eigenvalue weighted by Gasteiger charge is 2.41. The van der Waals surface area contributed by atoms with Crippen LogP contribution in [0.2, 0.25) is 0 Å². The minimum atomic E-state index is -2.81. The van der Waals surface area contributed by atoms with Gasteiger partial charge < -0.3 is 13.7 Å². The van der Waals surface area contributed by atoms with Gasteiger partial charge in [0.2, 0.25) is 0 Å². The monoisotopic (exact) mass is 1060 g/mol. The number of para-hydroxylation sites is 6. The Hall–Kier alpha value is -10.7. The lowest BCUT2D eigenvalue weighted by Crippen LogP contribution is -2.74. The summed E-state index contributed by atoms with van der Waals surface area (Å²) in [6.45, 7) is 0. The summed E-state index contributed by atoms with van der Waals surface area (Å²) < 4.78 is 7.21. The number of hydrogen-bond donors (Lipinski definition) is 0. The van der Waals surface area contributed by atoms with E-state index >= 15 is 0 Å². The highest BCUT2D eigenvalue weighted by atomic mass is 28.3. The molecule has 82 heavy (non-hydrogen) atoms. The minimum absolute atomic E-state index is 0.651. The summed E-state index contributed by atoms with van der Waals surface area (Å²) in [5.41, 5.74) is 14.6. The van der Waals surface area contributed by atoms with E-state index in [4.69, 9.17) is 9.97 Å². The third kappa shape index (κ3) is 7.53. The molecular formula is C76H51N5Si. The van der Waals surface area contributed by atoms with Crippen LogP contribution in [0.4, 0.5) is 0 Å². The van der Waals surface area contributed by atoms with Crippen molar-refractivity contribution in [1.82, 2.24) is 23.7 Å². The van der Waals surface area contributed by atoms with Gasteiger partial charge in [0, 0.05) is 66.1 Å². The number of rotatable bonds is 10. The molecule has 384 valence electrons. The second-order valence-electron chi connectivity index (χ2n) is 21.3. The lowest BCUT2D eigenvalue weighted by atomic mass is 10.0. The van der Waals surface area contributed by atoms with Gasteiger partial charge >= 0.3 is 0 Å². The van der Waals surface area contributed by atoms with Gasteiger partial charge in [-0.2, -0.15) is 0 Å². The quantitative estimate of drug-likeness (QED) is 0.101. The minimum Gasteiger partial charge on any atom is -0.309 e. The third-order valence-corrected chi connectivity index (χ3v) is 21.6. The Morgan fingerprint density at radius 1 is 0.220 bits per heavy atom. The van der Waals surface area contributed by atoms with Gasteiger partial charge in [0.05, 0.1) is 44.5 Å². The normalized spacial score (nSPS) is 11.9. The molecule has 0 N–H and O–H groups in total. The first-order valence-corrected chi connectivity index (χ1v) is 30.1. The largest absolute Gasteiger partial charge is 0.309 e. The number of nitrogens with zero attached hydrogens (tertiary/aromatic N) is 5. The molecule has 12 aromatic carbocycles. The molecule has 0 amide bonds. The van der Waals surface area contributed by atoms with E-state index in [1.165, 1.54) is 64.1 Å². The molecule has 16 rings (SSSR count). The topological polar surface area (TPSA) is 40.6 Å². The van der Waals surface area contributed by atoms with Crippen LogP contribution in [0.5, 0.6) is 0 Å². The van der Waals surface area contributed by atoms with E-state index in [0.29, 0.717) is 5.82 Å². The fraction of sp³-hybridized carbons (Fsp3) is 0. The van der Waals surface area contributed by atoms with Gasteiger partial charge in [-0.3, -0.25) is 0 Å². The predicted octanol–water partition coefficient (Wildman–Crippen LogP) is 16.1. The lowest BCUT2D eigenvalue weighted by Gasteiger charge is -2.34. The van der Waals surface area contributed by atoms with E-state index < -0.39 is 8.07 Å². The Labute approximate surface area is 475 Å². The van der Waals surface area contributed by atoms with Crippen molar-refractivity contribution in [3.05, 3.63) is 309 Å². The molecule has 0 bridgehead atoms. The lowest BCUT2D eigenvalue weighted by molar-refractivity contribution is 1.13. The molecule has 0 unspecified atom stereocenters. The molecule has 5 nitrogen and oxygen atoms in total. The standard InChI is InChI=1S/C76H51N5Si/c1-4-22-58(23-5-1)82(59-24-6-2-7-25-59,60-26-8-3-9-27-60)61-46-42-53(43-47-61)76-77-68(52-40-44-55(45-41-52)79-70-34-16-10-28-62(70)63-29-11-17-35-71(63)79)51-69(78-76)54-48-56(80-72-36-18-12-30-64(72)65-31-13-19-37-73(65)80)50-57(49-54)81-74-38-20-14-32-66(74)67-33-15-21-39-75(67)81/h1-51H. The molecule has 6 heteroatoms. The Morgan fingerprint density at radius 2 is 0.512 bits per heavy atom. The van der Waals surface area contributed by atoms with Gasteiger partial charge in [-0.25, -0.2) is 9.97 Å². The molecule has 4 aromatic heterocycles. The Morgan fingerprint density at radius 3 is 0.878 bits per heavy atom. The molecule has 0 fully saturated rings. The summed E-state index contributed by atoms with van der Waals surface area (Å²) >= 11 is 0. The van der Waals surface area contributed by atoms with Gasteiger partial charge in [0.25, 0.3) is 0 Å². The van der Waals surface area contributed by atoms with E-state index in [0.717, 1.165) is 67.2 Å². The zero-order valence-electron chi connectivity index (χ0n) is 44.7. The molecule has 0 aliphatic rings. The Bertz CT molecular complexity index is 4690. The number of fused-ring (bicyclic) bond motifs is 9. The highest BCUT2D eigenvalue weighted by Crippen LogP contribution is 2.39. The van der Waals surface area contributed by atoms with Crippen molar-refractivity contribution in [1.29, 1.82) is 0 Å². The van der Waals surface area contributed by atoms with Crippen LogP contribution >= 0.6 is 0 Å². The van der Waals surface area contributed by atoms with Crippen molar-refractivity contribution in [3.63, 3.8) is 0 Å². The van der Waals surface area contributed by atoms with Crippen LogP contribution in [-0.2, 0) is 0 Å². The number of benzene rings is 12. The molecule has 4 heterocycles. The average Bonchev–Trinajstić information content (AvgIpc) is 4.36. The first-order valence-electron chi connectivity index (χ1n) is 28.1. The van der Waals surface area contributed by atoms with Crippen molar-refractivity contribution < 1.29 is 0 Å². The molecule has 16 aromatic rings. The van der Waals surface area contributed by atoms with E-state index in [1.807, 2.05) is 0 Å². The Balaban J connectivity index is 0.930.